The number of anilines is 2. The maximum atomic E-state index is 12.7. The molecule has 0 aliphatic carbocycles. The van der Waals surface area contributed by atoms with Crippen molar-refractivity contribution in [2.75, 3.05) is 42.7 Å². The molecule has 1 aromatic carbocycles. The minimum Gasteiger partial charge on any atom is -0.491 e. The summed E-state index contributed by atoms with van der Waals surface area (Å²) in [5.74, 6) is 0.131. The largest absolute Gasteiger partial charge is 0.491 e. The second kappa shape index (κ2) is 8.61. The van der Waals surface area contributed by atoms with Gasteiger partial charge in [-0.1, -0.05) is 11.6 Å². The first-order valence-electron chi connectivity index (χ1n) is 10.2. The van der Waals surface area contributed by atoms with Crippen LogP contribution in [0, 0.1) is 0 Å². The molecule has 9 nitrogen and oxygen atoms in total. The lowest BCUT2D eigenvalue weighted by atomic mass is 10.1. The Balaban J connectivity index is 1.33. The number of carbonyl (C=O) groups is 3. The number of nitrogens with one attached hydrogen (secondary N) is 1. The molecule has 2 saturated heterocycles. The van der Waals surface area contributed by atoms with Gasteiger partial charge in [0.25, 0.3) is 11.8 Å². The fraction of sp³-hybridized carbons (Fsp3) is 0.381. The summed E-state index contributed by atoms with van der Waals surface area (Å²) in [6.45, 7) is 1.52. The number of nitrogens with zero attached hydrogens (tertiary/aromatic N) is 2. The standard InChI is InChI=1S/C21H20ClN3O6S/c22-18-4-3-17(32-18)20(27)23-10-16-14-5-7-30-15-9-12(24-6-8-29-11-19(24)26)1-2-13(15)25(14)21(28)31-16/h1-4,9,14,16H,5-8,10-11H2,(H,23,27)/t14?,16-/m0/s1. The molecule has 3 aliphatic rings. The van der Waals surface area contributed by atoms with Crippen LogP contribution < -0.4 is 19.9 Å². The van der Waals surface area contributed by atoms with Gasteiger partial charge in [-0.2, -0.15) is 0 Å². The van der Waals surface area contributed by atoms with Gasteiger partial charge in [0.2, 0.25) is 0 Å². The molecule has 1 unspecified atom stereocenters. The maximum absolute atomic E-state index is 12.7. The summed E-state index contributed by atoms with van der Waals surface area (Å²) in [5, 5.41) is 2.82. The molecular formula is C21H20ClN3O6S. The Bertz CT molecular complexity index is 1080. The van der Waals surface area contributed by atoms with Gasteiger partial charge in [0, 0.05) is 24.7 Å². The normalized spacial score (nSPS) is 22.5. The topological polar surface area (TPSA) is 97.4 Å². The van der Waals surface area contributed by atoms with Crippen LogP contribution in [0.15, 0.2) is 30.3 Å². The van der Waals surface area contributed by atoms with Gasteiger partial charge >= 0.3 is 6.09 Å². The third-order valence-corrected chi connectivity index (χ3v) is 6.87. The summed E-state index contributed by atoms with van der Waals surface area (Å²) in [4.78, 5) is 41.0. The summed E-state index contributed by atoms with van der Waals surface area (Å²) >= 11 is 7.09. The highest BCUT2D eigenvalue weighted by molar-refractivity contribution is 7.18. The van der Waals surface area contributed by atoms with Crippen LogP contribution in [0.1, 0.15) is 16.1 Å². The summed E-state index contributed by atoms with van der Waals surface area (Å²) in [6.07, 6.45) is -0.468. The number of halogens is 1. The zero-order valence-electron chi connectivity index (χ0n) is 16.9. The number of morpholine rings is 1. The van der Waals surface area contributed by atoms with Crippen molar-refractivity contribution in [2.24, 2.45) is 0 Å². The summed E-state index contributed by atoms with van der Waals surface area (Å²) < 4.78 is 17.2. The monoisotopic (exact) mass is 477 g/mol. The number of rotatable bonds is 4. The summed E-state index contributed by atoms with van der Waals surface area (Å²) in [7, 11) is 0. The zero-order chi connectivity index (χ0) is 22.2. The first-order chi connectivity index (χ1) is 15.5. The van der Waals surface area contributed by atoms with E-state index in [-0.39, 0.29) is 31.0 Å². The van der Waals surface area contributed by atoms with Gasteiger partial charge in [0.05, 0.1) is 40.7 Å². The predicted molar refractivity (Wildman–Crippen MR) is 118 cm³/mol. The number of ether oxygens (including phenoxy) is 3. The molecule has 2 aromatic rings. The Morgan fingerprint density at radius 1 is 1.22 bits per heavy atom. The van der Waals surface area contributed by atoms with Crippen LogP contribution in [0.5, 0.6) is 5.75 Å². The van der Waals surface area contributed by atoms with Gasteiger partial charge in [0.15, 0.2) is 0 Å². The SMILES string of the molecule is O=C(NC[C@@H]1OC(=O)N2c3ccc(N4CCOCC4=O)cc3OCCC12)c1ccc(Cl)s1. The molecule has 0 bridgehead atoms. The van der Waals surface area contributed by atoms with Crippen LogP contribution in [0.3, 0.4) is 0 Å². The Labute approximate surface area is 192 Å². The van der Waals surface area contributed by atoms with E-state index in [9.17, 15) is 14.4 Å². The number of carbonyl (C=O) groups excluding carboxylic acids is 3. The molecular weight excluding hydrogens is 458 g/mol. The maximum Gasteiger partial charge on any atom is 0.415 e. The lowest BCUT2D eigenvalue weighted by Crippen LogP contribution is -2.42. The number of amides is 3. The molecule has 1 N–H and O–H groups in total. The number of hydrogen-bond acceptors (Lipinski definition) is 7. The molecule has 0 saturated carbocycles. The van der Waals surface area contributed by atoms with Crippen molar-refractivity contribution in [3.63, 3.8) is 0 Å². The molecule has 1 aromatic heterocycles. The van der Waals surface area contributed by atoms with E-state index in [1.165, 1.54) is 11.3 Å². The van der Waals surface area contributed by atoms with Crippen molar-refractivity contribution in [1.82, 2.24) is 5.32 Å². The highest BCUT2D eigenvalue weighted by atomic mass is 35.5. The van der Waals surface area contributed by atoms with E-state index in [1.54, 1.807) is 40.1 Å². The van der Waals surface area contributed by atoms with Crippen molar-refractivity contribution in [1.29, 1.82) is 0 Å². The third-order valence-electron chi connectivity index (χ3n) is 5.64. The summed E-state index contributed by atoms with van der Waals surface area (Å²) in [5.41, 5.74) is 1.28. The fourth-order valence-corrected chi connectivity index (χ4v) is 5.08. The van der Waals surface area contributed by atoms with Crippen LogP contribution in [-0.4, -0.2) is 63.0 Å². The van der Waals surface area contributed by atoms with Gasteiger partial charge in [-0.15, -0.1) is 11.3 Å². The highest BCUT2D eigenvalue weighted by Crippen LogP contribution is 2.40. The quantitative estimate of drug-likeness (QED) is 0.727. The van der Waals surface area contributed by atoms with Crippen molar-refractivity contribution < 1.29 is 28.6 Å². The average molecular weight is 478 g/mol. The van der Waals surface area contributed by atoms with E-state index in [1.807, 2.05) is 0 Å². The van der Waals surface area contributed by atoms with Crippen LogP contribution in [0.25, 0.3) is 0 Å². The smallest absolute Gasteiger partial charge is 0.415 e. The van der Waals surface area contributed by atoms with Crippen molar-refractivity contribution >= 4 is 52.2 Å². The van der Waals surface area contributed by atoms with E-state index in [0.717, 1.165) is 0 Å². The number of fused-ring (bicyclic) bond motifs is 3. The molecule has 11 heteroatoms. The first-order valence-corrected chi connectivity index (χ1v) is 11.4. The molecule has 4 heterocycles. The van der Waals surface area contributed by atoms with E-state index in [4.69, 9.17) is 25.8 Å². The fourth-order valence-electron chi connectivity index (χ4n) is 4.12. The molecule has 3 amide bonds. The Hall–Kier alpha value is -2.82. The molecule has 0 radical (unpaired) electrons. The Morgan fingerprint density at radius 3 is 2.88 bits per heavy atom. The van der Waals surface area contributed by atoms with E-state index in [2.05, 4.69) is 5.32 Å². The van der Waals surface area contributed by atoms with Crippen molar-refractivity contribution in [2.45, 2.75) is 18.6 Å². The highest BCUT2D eigenvalue weighted by Gasteiger charge is 2.45. The van der Waals surface area contributed by atoms with Crippen LogP contribution in [0.4, 0.5) is 16.2 Å². The molecule has 32 heavy (non-hydrogen) atoms. The minimum absolute atomic E-state index is 0.0452. The number of thiophene rings is 1. The lowest BCUT2D eigenvalue weighted by molar-refractivity contribution is -0.125. The minimum atomic E-state index is -0.517. The van der Waals surface area contributed by atoms with Crippen LogP contribution >= 0.6 is 22.9 Å². The molecule has 2 fully saturated rings. The van der Waals surface area contributed by atoms with Gasteiger partial charge in [-0.25, -0.2) is 4.79 Å². The number of cyclic esters (lactones) is 1. The van der Waals surface area contributed by atoms with Crippen LogP contribution in [-0.2, 0) is 14.3 Å². The van der Waals surface area contributed by atoms with Gasteiger partial charge in [-0.3, -0.25) is 14.5 Å². The molecule has 0 spiro atoms. The zero-order valence-corrected chi connectivity index (χ0v) is 18.5. The Morgan fingerprint density at radius 2 is 2.09 bits per heavy atom. The molecule has 5 rings (SSSR count). The number of hydrogen-bond donors (Lipinski definition) is 1. The number of benzene rings is 1. The second-order valence-electron chi connectivity index (χ2n) is 7.56. The second-order valence-corrected chi connectivity index (χ2v) is 9.28. The lowest BCUT2D eigenvalue weighted by Gasteiger charge is -2.28. The third kappa shape index (κ3) is 3.89. The van der Waals surface area contributed by atoms with Gasteiger partial charge in [-0.05, 0) is 24.3 Å². The van der Waals surface area contributed by atoms with E-state index >= 15 is 0 Å². The van der Waals surface area contributed by atoms with Gasteiger partial charge in [0.1, 0.15) is 18.5 Å². The Kier molecular flexibility index (Phi) is 5.66. The van der Waals surface area contributed by atoms with Crippen molar-refractivity contribution in [3.05, 3.63) is 39.5 Å². The molecule has 168 valence electrons. The predicted octanol–water partition coefficient (Wildman–Crippen LogP) is 2.67. The average Bonchev–Trinajstić information content (AvgIpc) is 3.29. The molecule has 2 atom stereocenters. The summed E-state index contributed by atoms with van der Waals surface area (Å²) in [6, 6.07) is 8.35. The van der Waals surface area contributed by atoms with E-state index < -0.39 is 12.2 Å². The first kappa shape index (κ1) is 21.0. The van der Waals surface area contributed by atoms with E-state index in [0.29, 0.717) is 52.5 Å². The molecule has 3 aliphatic heterocycles. The van der Waals surface area contributed by atoms with Crippen LogP contribution in [0.2, 0.25) is 4.34 Å². The van der Waals surface area contributed by atoms with Crippen molar-refractivity contribution in [3.8, 4) is 5.75 Å². The van der Waals surface area contributed by atoms with Gasteiger partial charge < -0.3 is 24.4 Å².